The van der Waals surface area contributed by atoms with Crippen molar-refractivity contribution in [3.05, 3.63) is 123 Å². The average molecular weight is 481 g/mol. The molecule has 3 aromatic carbocycles. The Morgan fingerprint density at radius 3 is 2.71 bits per heavy atom. The molecular formula is C29H21ClN2O3. The highest BCUT2D eigenvalue weighted by molar-refractivity contribution is 6.32. The van der Waals surface area contributed by atoms with E-state index in [0.717, 1.165) is 22.1 Å². The first-order valence-corrected chi connectivity index (χ1v) is 11.7. The van der Waals surface area contributed by atoms with Crippen molar-refractivity contribution >= 4 is 28.7 Å². The third-order valence-electron chi connectivity index (χ3n) is 6.67. The topological polar surface area (TPSA) is 74.7 Å². The highest BCUT2D eigenvalue weighted by Crippen LogP contribution is 2.44. The molecule has 35 heavy (non-hydrogen) atoms. The quantitative estimate of drug-likeness (QED) is 0.375. The number of aromatic nitrogens is 1. The van der Waals surface area contributed by atoms with Gasteiger partial charge in [-0.05, 0) is 57.7 Å². The lowest BCUT2D eigenvalue weighted by Crippen LogP contribution is -2.30. The van der Waals surface area contributed by atoms with Crippen LogP contribution in [0.4, 0.5) is 0 Å². The zero-order chi connectivity index (χ0) is 24.2. The number of hydrogen-bond acceptors (Lipinski definition) is 4. The Kier molecular flexibility index (Phi) is 4.99. The molecule has 0 aliphatic carbocycles. The molecule has 2 N–H and O–H groups in total. The Balaban J connectivity index is 1.71. The lowest BCUT2D eigenvalue weighted by Gasteiger charge is -2.32. The number of nitrogens with zero attached hydrogens (tertiary/aromatic N) is 1. The van der Waals surface area contributed by atoms with E-state index in [1.54, 1.807) is 36.7 Å². The maximum Gasteiger partial charge on any atom is 0.249 e. The molecule has 2 aliphatic heterocycles. The number of pyridine rings is 1. The number of H-pyrrole nitrogens is 1. The van der Waals surface area contributed by atoms with Crippen LogP contribution in [-0.4, -0.2) is 22.9 Å². The van der Waals surface area contributed by atoms with Crippen LogP contribution in [0.15, 0.2) is 100 Å². The van der Waals surface area contributed by atoms with Crippen LogP contribution >= 0.6 is 11.6 Å². The minimum absolute atomic E-state index is 0.187. The SMILES string of the molecule is C=C1C=NC=C1C1(O)c2ccc(Cl)c(c2)OCCc2cccc(c2)-c2cc(=O)[nH]c3ccc1cc23. The number of nitrogens with one attached hydrogen (secondary N) is 1. The van der Waals surface area contributed by atoms with Gasteiger partial charge in [0.2, 0.25) is 5.56 Å². The predicted molar refractivity (Wildman–Crippen MR) is 139 cm³/mol. The van der Waals surface area contributed by atoms with E-state index in [2.05, 4.69) is 22.6 Å². The number of fused-ring (bicyclic) bond motifs is 6. The normalized spacial score (nSPS) is 18.9. The van der Waals surface area contributed by atoms with E-state index in [-0.39, 0.29) is 5.56 Å². The van der Waals surface area contributed by atoms with E-state index in [0.29, 0.717) is 51.6 Å². The molecule has 0 amide bonds. The summed E-state index contributed by atoms with van der Waals surface area (Å²) < 4.78 is 6.06. The Morgan fingerprint density at radius 1 is 1.06 bits per heavy atom. The van der Waals surface area contributed by atoms with Gasteiger partial charge < -0.3 is 14.8 Å². The van der Waals surface area contributed by atoms with Crippen LogP contribution in [0.25, 0.3) is 22.0 Å². The maximum absolute atomic E-state index is 12.5. The van der Waals surface area contributed by atoms with Gasteiger partial charge >= 0.3 is 0 Å². The maximum atomic E-state index is 12.5. The summed E-state index contributed by atoms with van der Waals surface area (Å²) >= 11 is 6.47. The van der Waals surface area contributed by atoms with E-state index < -0.39 is 5.60 Å². The molecule has 0 saturated heterocycles. The molecule has 6 rings (SSSR count). The van der Waals surface area contributed by atoms with Crippen LogP contribution in [0.2, 0.25) is 5.02 Å². The molecule has 0 saturated carbocycles. The predicted octanol–water partition coefficient (Wildman–Crippen LogP) is 5.54. The molecule has 1 atom stereocenters. The van der Waals surface area contributed by atoms with Crippen molar-refractivity contribution in [2.24, 2.45) is 4.99 Å². The number of aromatic amines is 1. The third-order valence-corrected chi connectivity index (χ3v) is 6.98. The van der Waals surface area contributed by atoms with Crippen molar-refractivity contribution in [3.63, 3.8) is 0 Å². The van der Waals surface area contributed by atoms with E-state index in [4.69, 9.17) is 16.3 Å². The smallest absolute Gasteiger partial charge is 0.249 e. The van der Waals surface area contributed by atoms with E-state index in [9.17, 15) is 9.90 Å². The van der Waals surface area contributed by atoms with E-state index in [1.807, 2.05) is 36.4 Å². The van der Waals surface area contributed by atoms with Crippen molar-refractivity contribution < 1.29 is 9.84 Å². The Morgan fingerprint density at radius 2 is 1.89 bits per heavy atom. The first-order chi connectivity index (χ1) is 16.9. The molecule has 6 heteroatoms. The molecule has 6 bridgehead atoms. The van der Waals surface area contributed by atoms with Gasteiger partial charge in [0.25, 0.3) is 0 Å². The zero-order valence-electron chi connectivity index (χ0n) is 18.7. The summed E-state index contributed by atoms with van der Waals surface area (Å²) in [6.07, 6.45) is 3.91. The first kappa shape index (κ1) is 21.6. The fraction of sp³-hybridized carbons (Fsp3) is 0.103. The van der Waals surface area contributed by atoms with Gasteiger partial charge in [-0.3, -0.25) is 9.79 Å². The molecule has 1 aromatic heterocycles. The number of aliphatic hydroxyl groups is 1. The van der Waals surface area contributed by atoms with Crippen molar-refractivity contribution in [1.82, 2.24) is 4.98 Å². The van der Waals surface area contributed by atoms with Gasteiger partial charge in [-0.2, -0.15) is 0 Å². The fourth-order valence-corrected chi connectivity index (χ4v) is 5.06. The molecule has 2 aliphatic rings. The summed E-state index contributed by atoms with van der Waals surface area (Å²) in [6.45, 7) is 4.50. The third kappa shape index (κ3) is 3.52. The highest BCUT2D eigenvalue weighted by atomic mass is 35.5. The van der Waals surface area contributed by atoms with Crippen LogP contribution in [-0.2, 0) is 12.0 Å². The molecule has 3 heterocycles. The lowest BCUT2D eigenvalue weighted by molar-refractivity contribution is 0.124. The monoisotopic (exact) mass is 480 g/mol. The van der Waals surface area contributed by atoms with Crippen LogP contribution in [0.3, 0.4) is 0 Å². The van der Waals surface area contributed by atoms with Crippen molar-refractivity contribution in [2.45, 2.75) is 12.0 Å². The lowest BCUT2D eigenvalue weighted by atomic mass is 9.77. The number of rotatable bonds is 1. The second-order valence-electron chi connectivity index (χ2n) is 8.81. The van der Waals surface area contributed by atoms with E-state index in [1.165, 1.54) is 0 Å². The Bertz CT molecular complexity index is 1650. The standard InChI is InChI=1S/C29H21ClN2O3/c1-17-15-31-16-24(17)29(34)20-6-8-26-23(12-20)22(14-28(33)32-26)19-4-2-3-18(11-19)9-10-35-27-13-21(29)5-7-25(27)30/h2-8,11-16,34H,1,9-10H2,(H,32,33). The summed E-state index contributed by atoms with van der Waals surface area (Å²) in [6, 6.07) is 20.5. The van der Waals surface area contributed by atoms with Gasteiger partial charge in [-0.1, -0.05) is 54.6 Å². The number of benzene rings is 3. The molecule has 5 nitrogen and oxygen atoms in total. The van der Waals surface area contributed by atoms with Crippen LogP contribution in [0.1, 0.15) is 16.7 Å². The zero-order valence-corrected chi connectivity index (χ0v) is 19.5. The Hall–Kier alpha value is -3.93. The van der Waals surface area contributed by atoms with Gasteiger partial charge in [0.15, 0.2) is 0 Å². The number of halogens is 1. The van der Waals surface area contributed by atoms with Crippen molar-refractivity contribution in [1.29, 1.82) is 0 Å². The van der Waals surface area contributed by atoms with Gasteiger partial charge in [0.05, 0.1) is 11.6 Å². The summed E-state index contributed by atoms with van der Waals surface area (Å²) in [5.41, 5.74) is 4.07. The molecule has 172 valence electrons. The van der Waals surface area contributed by atoms with Crippen LogP contribution in [0.5, 0.6) is 5.75 Å². The number of aliphatic imine (C=N–C) groups is 1. The van der Waals surface area contributed by atoms with Gasteiger partial charge in [0, 0.05) is 41.4 Å². The van der Waals surface area contributed by atoms with Gasteiger partial charge in [0.1, 0.15) is 11.4 Å². The Labute approximate surface area is 206 Å². The molecule has 0 spiro atoms. The van der Waals surface area contributed by atoms with E-state index >= 15 is 0 Å². The fourth-order valence-electron chi connectivity index (χ4n) is 4.89. The second kappa shape index (κ2) is 8.08. The minimum Gasteiger partial charge on any atom is -0.492 e. The minimum atomic E-state index is -1.58. The average Bonchev–Trinajstić information content (AvgIpc) is 3.30. The summed E-state index contributed by atoms with van der Waals surface area (Å²) in [5, 5.41) is 13.7. The van der Waals surface area contributed by atoms with Gasteiger partial charge in [-0.15, -0.1) is 0 Å². The summed E-state index contributed by atoms with van der Waals surface area (Å²) in [5.74, 6) is 0.492. The van der Waals surface area contributed by atoms with Crippen molar-refractivity contribution in [3.8, 4) is 16.9 Å². The molecule has 0 fully saturated rings. The second-order valence-corrected chi connectivity index (χ2v) is 9.22. The number of hydrogen-bond donors (Lipinski definition) is 2. The number of ether oxygens (including phenoxy) is 1. The van der Waals surface area contributed by atoms with Crippen molar-refractivity contribution in [2.75, 3.05) is 6.61 Å². The molecular weight excluding hydrogens is 460 g/mol. The molecule has 4 aromatic rings. The molecule has 1 unspecified atom stereocenters. The summed E-state index contributed by atoms with van der Waals surface area (Å²) in [7, 11) is 0. The van der Waals surface area contributed by atoms with Crippen LogP contribution < -0.4 is 10.3 Å². The summed E-state index contributed by atoms with van der Waals surface area (Å²) in [4.78, 5) is 19.7. The highest BCUT2D eigenvalue weighted by Gasteiger charge is 2.39. The van der Waals surface area contributed by atoms with Crippen LogP contribution in [0, 0.1) is 0 Å². The van der Waals surface area contributed by atoms with Gasteiger partial charge in [-0.25, -0.2) is 0 Å². The largest absolute Gasteiger partial charge is 0.492 e. The molecule has 0 radical (unpaired) electrons. The first-order valence-electron chi connectivity index (χ1n) is 11.3.